The third-order valence-corrected chi connectivity index (χ3v) is 5.22. The Balaban J connectivity index is 1.56. The van der Waals surface area contributed by atoms with Gasteiger partial charge in [-0.2, -0.15) is 0 Å². The lowest BCUT2D eigenvalue weighted by Gasteiger charge is -2.37. The lowest BCUT2D eigenvalue weighted by molar-refractivity contribution is -0.148. The summed E-state index contributed by atoms with van der Waals surface area (Å²) in [4.78, 5) is 10.9. The predicted octanol–water partition coefficient (Wildman–Crippen LogP) is 2.92. The lowest BCUT2D eigenvalue weighted by Crippen LogP contribution is -2.34. The molecule has 2 nitrogen and oxygen atoms in total. The molecule has 3 aliphatic rings. The zero-order valence-corrected chi connectivity index (χ0v) is 9.19. The Kier molecular flexibility index (Phi) is 2.26. The molecule has 5 atom stereocenters. The zero-order chi connectivity index (χ0) is 10.4. The van der Waals surface area contributed by atoms with E-state index in [0.29, 0.717) is 5.92 Å². The van der Waals surface area contributed by atoms with Gasteiger partial charge in [-0.15, -0.1) is 0 Å². The van der Waals surface area contributed by atoms with Crippen molar-refractivity contribution in [1.29, 1.82) is 0 Å². The maximum Gasteiger partial charge on any atom is 0.306 e. The first-order valence-corrected chi connectivity index (χ1v) is 6.47. The van der Waals surface area contributed by atoms with Crippen LogP contribution < -0.4 is 0 Å². The van der Waals surface area contributed by atoms with Gasteiger partial charge in [0.25, 0.3) is 0 Å². The smallest absolute Gasteiger partial charge is 0.306 e. The number of hydrogen-bond donors (Lipinski definition) is 1. The molecule has 0 saturated heterocycles. The summed E-state index contributed by atoms with van der Waals surface area (Å²) in [5, 5.41) is 9.01. The van der Waals surface area contributed by atoms with Gasteiger partial charge in [0.1, 0.15) is 0 Å². The highest BCUT2D eigenvalue weighted by Gasteiger charge is 2.44. The van der Waals surface area contributed by atoms with E-state index in [0.717, 1.165) is 24.2 Å². The number of rotatable bonds is 3. The van der Waals surface area contributed by atoms with Gasteiger partial charge in [0.2, 0.25) is 0 Å². The number of hydrogen-bond acceptors (Lipinski definition) is 1. The molecule has 2 heteroatoms. The fourth-order valence-corrected chi connectivity index (χ4v) is 4.23. The lowest BCUT2D eigenvalue weighted by atomic mass is 9.67. The fraction of sp³-hybridized carbons (Fsp3) is 0.923. The van der Waals surface area contributed by atoms with Gasteiger partial charge in [0.05, 0.1) is 5.92 Å². The highest BCUT2D eigenvalue weighted by atomic mass is 16.4. The third-order valence-electron chi connectivity index (χ3n) is 5.22. The molecule has 3 rings (SSSR count). The van der Waals surface area contributed by atoms with Crippen molar-refractivity contribution < 1.29 is 9.90 Å². The SMILES string of the molecule is O=C(O)C1CCC1CC1CC2CCC1C2. The number of carboxylic acid groups (broad SMARTS) is 1. The molecule has 3 aliphatic carbocycles. The van der Waals surface area contributed by atoms with Crippen LogP contribution in [-0.4, -0.2) is 11.1 Å². The van der Waals surface area contributed by atoms with Gasteiger partial charge in [0, 0.05) is 0 Å². The van der Waals surface area contributed by atoms with Gasteiger partial charge in [-0.3, -0.25) is 4.79 Å². The van der Waals surface area contributed by atoms with E-state index >= 15 is 0 Å². The van der Waals surface area contributed by atoms with Crippen LogP contribution in [0, 0.1) is 29.6 Å². The summed E-state index contributed by atoms with van der Waals surface area (Å²) in [6, 6.07) is 0. The summed E-state index contributed by atoms with van der Waals surface area (Å²) in [7, 11) is 0. The second kappa shape index (κ2) is 3.50. The van der Waals surface area contributed by atoms with Crippen molar-refractivity contribution in [2.24, 2.45) is 29.6 Å². The van der Waals surface area contributed by atoms with Gasteiger partial charge in [-0.1, -0.05) is 6.42 Å². The van der Waals surface area contributed by atoms with Crippen molar-refractivity contribution in [2.75, 3.05) is 0 Å². The molecule has 2 bridgehead atoms. The molecule has 3 saturated carbocycles. The molecule has 0 amide bonds. The number of carbonyl (C=O) groups is 1. The minimum Gasteiger partial charge on any atom is -0.481 e. The minimum atomic E-state index is -0.547. The molecular weight excluding hydrogens is 188 g/mol. The molecule has 0 spiro atoms. The molecule has 3 fully saturated rings. The van der Waals surface area contributed by atoms with Gasteiger partial charge in [0.15, 0.2) is 0 Å². The topological polar surface area (TPSA) is 37.3 Å². The predicted molar refractivity (Wildman–Crippen MR) is 57.4 cm³/mol. The summed E-state index contributed by atoms with van der Waals surface area (Å²) in [5.74, 6) is 2.83. The van der Waals surface area contributed by atoms with Crippen LogP contribution in [0.5, 0.6) is 0 Å². The van der Waals surface area contributed by atoms with Crippen LogP contribution in [-0.2, 0) is 4.79 Å². The van der Waals surface area contributed by atoms with Crippen LogP contribution in [0.2, 0.25) is 0 Å². The van der Waals surface area contributed by atoms with E-state index in [1.807, 2.05) is 0 Å². The molecular formula is C13H20O2. The Morgan fingerprint density at radius 1 is 1.07 bits per heavy atom. The van der Waals surface area contributed by atoms with E-state index < -0.39 is 5.97 Å². The largest absolute Gasteiger partial charge is 0.481 e. The first-order valence-electron chi connectivity index (χ1n) is 6.47. The van der Waals surface area contributed by atoms with Crippen LogP contribution in [0.3, 0.4) is 0 Å². The average Bonchev–Trinajstić information content (AvgIpc) is 2.72. The quantitative estimate of drug-likeness (QED) is 0.774. The molecule has 0 aromatic rings. The van der Waals surface area contributed by atoms with Crippen molar-refractivity contribution in [1.82, 2.24) is 0 Å². The maximum atomic E-state index is 10.9. The molecule has 0 radical (unpaired) electrons. The first kappa shape index (κ1) is 9.68. The summed E-state index contributed by atoms with van der Waals surface area (Å²) in [6.45, 7) is 0. The maximum absolute atomic E-state index is 10.9. The normalized spacial score (nSPS) is 47.9. The molecule has 0 aromatic carbocycles. The van der Waals surface area contributed by atoms with Gasteiger partial charge in [-0.05, 0) is 62.2 Å². The van der Waals surface area contributed by atoms with E-state index in [9.17, 15) is 4.79 Å². The Hall–Kier alpha value is -0.530. The average molecular weight is 208 g/mol. The molecule has 0 aromatic heterocycles. The van der Waals surface area contributed by atoms with Crippen LogP contribution in [0.4, 0.5) is 0 Å². The van der Waals surface area contributed by atoms with E-state index in [2.05, 4.69) is 0 Å². The van der Waals surface area contributed by atoms with E-state index in [-0.39, 0.29) is 5.92 Å². The number of fused-ring (bicyclic) bond motifs is 2. The highest BCUT2D eigenvalue weighted by molar-refractivity contribution is 5.71. The Morgan fingerprint density at radius 2 is 1.93 bits per heavy atom. The number of aliphatic carboxylic acids is 1. The standard InChI is InChI=1S/C13H20O2/c14-13(15)12-4-3-10(12)7-11-6-8-1-2-9(11)5-8/h8-12H,1-7H2,(H,14,15). The van der Waals surface area contributed by atoms with E-state index in [1.54, 1.807) is 0 Å². The molecule has 15 heavy (non-hydrogen) atoms. The van der Waals surface area contributed by atoms with Gasteiger partial charge >= 0.3 is 5.97 Å². The van der Waals surface area contributed by atoms with Gasteiger partial charge in [-0.25, -0.2) is 0 Å². The van der Waals surface area contributed by atoms with Crippen molar-refractivity contribution in [2.45, 2.75) is 44.9 Å². The molecule has 0 heterocycles. The second-order valence-corrected chi connectivity index (χ2v) is 5.95. The van der Waals surface area contributed by atoms with E-state index in [4.69, 9.17) is 5.11 Å². The highest BCUT2D eigenvalue weighted by Crippen LogP contribution is 2.52. The molecule has 0 aliphatic heterocycles. The monoisotopic (exact) mass is 208 g/mol. The second-order valence-electron chi connectivity index (χ2n) is 5.95. The fourth-order valence-electron chi connectivity index (χ4n) is 4.23. The summed E-state index contributed by atoms with van der Waals surface area (Å²) in [5.41, 5.74) is 0. The van der Waals surface area contributed by atoms with Crippen LogP contribution in [0.1, 0.15) is 44.9 Å². The molecule has 1 N–H and O–H groups in total. The summed E-state index contributed by atoms with van der Waals surface area (Å²) in [6.07, 6.45) is 9.07. The number of carboxylic acids is 1. The van der Waals surface area contributed by atoms with Crippen LogP contribution >= 0.6 is 0 Å². The van der Waals surface area contributed by atoms with Gasteiger partial charge < -0.3 is 5.11 Å². The minimum absolute atomic E-state index is 0.00382. The van der Waals surface area contributed by atoms with Crippen LogP contribution in [0.15, 0.2) is 0 Å². The van der Waals surface area contributed by atoms with Crippen molar-refractivity contribution in [3.63, 3.8) is 0 Å². The van der Waals surface area contributed by atoms with Crippen LogP contribution in [0.25, 0.3) is 0 Å². The zero-order valence-electron chi connectivity index (χ0n) is 9.19. The van der Waals surface area contributed by atoms with Crippen molar-refractivity contribution in [3.8, 4) is 0 Å². The Bertz CT molecular complexity index is 274. The Morgan fingerprint density at radius 3 is 2.40 bits per heavy atom. The van der Waals surface area contributed by atoms with Crippen molar-refractivity contribution in [3.05, 3.63) is 0 Å². The summed E-state index contributed by atoms with van der Waals surface area (Å²) < 4.78 is 0. The first-order chi connectivity index (χ1) is 7.24. The van der Waals surface area contributed by atoms with Crippen molar-refractivity contribution >= 4 is 5.97 Å². The molecule has 84 valence electrons. The molecule has 5 unspecified atom stereocenters. The van der Waals surface area contributed by atoms with E-state index in [1.165, 1.54) is 38.5 Å². The third kappa shape index (κ3) is 1.58. The summed E-state index contributed by atoms with van der Waals surface area (Å²) >= 11 is 0. The Labute approximate surface area is 91.1 Å².